The van der Waals surface area contributed by atoms with Gasteiger partial charge in [-0.05, 0) is 59.5 Å². The highest BCUT2D eigenvalue weighted by atomic mass is 16.5. The molecular weight excluding hydrogens is 444 g/mol. The summed E-state index contributed by atoms with van der Waals surface area (Å²) in [5.74, 6) is 0.0395. The lowest BCUT2D eigenvalue weighted by Gasteiger charge is -2.25. The summed E-state index contributed by atoms with van der Waals surface area (Å²) in [4.78, 5) is 32.0. The molecule has 1 saturated heterocycles. The number of ketones is 1. The van der Waals surface area contributed by atoms with Crippen molar-refractivity contribution in [3.63, 3.8) is 0 Å². The average Bonchev–Trinajstić information content (AvgIpc) is 3.13. The van der Waals surface area contributed by atoms with E-state index in [4.69, 9.17) is 9.47 Å². The molecule has 1 fully saturated rings. The topological polar surface area (TPSA) is 89.0 Å². The molecule has 0 spiro atoms. The Balaban J connectivity index is 1.74. The zero-order valence-electron chi connectivity index (χ0n) is 20.0. The van der Waals surface area contributed by atoms with Crippen LogP contribution in [0.5, 0.6) is 11.5 Å². The van der Waals surface area contributed by atoms with Gasteiger partial charge in [0.25, 0.3) is 11.7 Å². The highest BCUT2D eigenvalue weighted by Gasteiger charge is 2.46. The Labute approximate surface area is 204 Å². The number of pyridine rings is 1. The summed E-state index contributed by atoms with van der Waals surface area (Å²) < 4.78 is 11.0. The van der Waals surface area contributed by atoms with Crippen LogP contribution in [0.1, 0.15) is 36.6 Å². The van der Waals surface area contributed by atoms with Crippen LogP contribution < -0.4 is 9.47 Å². The normalized spacial score (nSPS) is 17.1. The monoisotopic (exact) mass is 472 g/mol. The van der Waals surface area contributed by atoms with Gasteiger partial charge >= 0.3 is 0 Å². The molecule has 180 valence electrons. The zero-order valence-corrected chi connectivity index (χ0v) is 20.0. The van der Waals surface area contributed by atoms with E-state index >= 15 is 0 Å². The van der Waals surface area contributed by atoms with Gasteiger partial charge in [0.05, 0.1) is 25.3 Å². The number of nitrogens with zero attached hydrogens (tertiary/aromatic N) is 2. The lowest BCUT2D eigenvalue weighted by Crippen LogP contribution is -2.29. The van der Waals surface area contributed by atoms with Crippen molar-refractivity contribution in [2.45, 2.75) is 26.4 Å². The van der Waals surface area contributed by atoms with Crippen LogP contribution in [0, 0.1) is 5.92 Å². The number of carbonyl (C=O) groups excluding carboxylic acids is 2. The Bertz CT molecular complexity index is 1240. The van der Waals surface area contributed by atoms with Crippen molar-refractivity contribution < 1.29 is 24.2 Å². The number of hydrogen-bond donors (Lipinski definition) is 1. The second-order valence-corrected chi connectivity index (χ2v) is 8.79. The number of hydrogen-bond acceptors (Lipinski definition) is 6. The van der Waals surface area contributed by atoms with Crippen molar-refractivity contribution in [1.82, 2.24) is 9.88 Å². The Morgan fingerprint density at radius 1 is 1.06 bits per heavy atom. The van der Waals surface area contributed by atoms with Gasteiger partial charge in [-0.3, -0.25) is 14.6 Å². The predicted octanol–water partition coefficient (Wildman–Crippen LogP) is 4.75. The van der Waals surface area contributed by atoms with Crippen LogP contribution in [-0.4, -0.2) is 40.4 Å². The molecule has 1 unspecified atom stereocenters. The van der Waals surface area contributed by atoms with E-state index in [0.717, 1.165) is 5.56 Å². The zero-order chi connectivity index (χ0) is 24.9. The SMILES string of the molecule is COc1cccc(CN2C(=O)C(=O)/C(=C(\O)c3ccc(OCC(C)C)cc3)C2c2cccnc2)c1. The molecule has 1 aromatic heterocycles. The lowest BCUT2D eigenvalue weighted by molar-refractivity contribution is -0.140. The van der Waals surface area contributed by atoms with Crippen molar-refractivity contribution >= 4 is 17.4 Å². The van der Waals surface area contributed by atoms with Crippen LogP contribution >= 0.6 is 0 Å². The van der Waals surface area contributed by atoms with Gasteiger partial charge in [-0.25, -0.2) is 0 Å². The number of aliphatic hydroxyl groups excluding tert-OH is 1. The van der Waals surface area contributed by atoms with Gasteiger partial charge in [0.1, 0.15) is 17.3 Å². The number of rotatable bonds is 8. The number of aromatic nitrogens is 1. The van der Waals surface area contributed by atoms with Crippen molar-refractivity contribution in [3.05, 3.63) is 95.3 Å². The lowest BCUT2D eigenvalue weighted by atomic mass is 9.96. The van der Waals surface area contributed by atoms with Crippen LogP contribution in [0.3, 0.4) is 0 Å². The van der Waals surface area contributed by atoms with Gasteiger partial charge in [0, 0.05) is 24.5 Å². The molecule has 1 aliphatic rings. The molecule has 7 heteroatoms. The molecule has 4 rings (SSSR count). The molecule has 0 bridgehead atoms. The number of methoxy groups -OCH3 is 1. The largest absolute Gasteiger partial charge is 0.507 e. The molecule has 1 amide bonds. The predicted molar refractivity (Wildman–Crippen MR) is 132 cm³/mol. The average molecular weight is 473 g/mol. The molecule has 0 saturated carbocycles. The maximum atomic E-state index is 13.2. The number of aliphatic hydroxyl groups is 1. The number of carbonyl (C=O) groups is 2. The van der Waals surface area contributed by atoms with E-state index in [9.17, 15) is 14.7 Å². The van der Waals surface area contributed by atoms with E-state index in [1.165, 1.54) is 4.90 Å². The molecule has 1 N–H and O–H groups in total. The molecule has 0 radical (unpaired) electrons. The minimum atomic E-state index is -0.785. The summed E-state index contributed by atoms with van der Waals surface area (Å²) in [7, 11) is 1.57. The first-order valence-electron chi connectivity index (χ1n) is 11.4. The molecule has 3 aromatic rings. The van der Waals surface area contributed by atoms with Gasteiger partial charge in [-0.1, -0.05) is 32.0 Å². The Morgan fingerprint density at radius 3 is 2.49 bits per heavy atom. The summed E-state index contributed by atoms with van der Waals surface area (Å²) in [6.45, 7) is 4.86. The first kappa shape index (κ1) is 24.0. The fourth-order valence-corrected chi connectivity index (χ4v) is 4.02. The second kappa shape index (κ2) is 10.4. The summed E-state index contributed by atoms with van der Waals surface area (Å²) in [5, 5.41) is 11.2. The fourth-order valence-electron chi connectivity index (χ4n) is 4.02. The third-order valence-corrected chi connectivity index (χ3v) is 5.74. The van der Waals surface area contributed by atoms with Crippen LogP contribution in [0.15, 0.2) is 78.6 Å². The van der Waals surface area contributed by atoms with E-state index in [-0.39, 0.29) is 17.9 Å². The van der Waals surface area contributed by atoms with Crippen molar-refractivity contribution in [3.8, 4) is 11.5 Å². The molecular formula is C28H28N2O5. The Kier molecular flexibility index (Phi) is 7.15. The third kappa shape index (κ3) is 5.19. The third-order valence-electron chi connectivity index (χ3n) is 5.74. The molecule has 2 heterocycles. The minimum absolute atomic E-state index is 0.0294. The Hall–Kier alpha value is -4.13. The van der Waals surface area contributed by atoms with E-state index in [1.54, 1.807) is 55.9 Å². The number of Topliss-reactive ketones (excluding diaryl/α,β-unsaturated/α-hetero) is 1. The highest BCUT2D eigenvalue weighted by Crippen LogP contribution is 2.40. The van der Waals surface area contributed by atoms with Gasteiger partial charge in [-0.15, -0.1) is 0 Å². The van der Waals surface area contributed by atoms with E-state index in [1.807, 2.05) is 24.3 Å². The quantitative estimate of drug-likeness (QED) is 0.289. The second-order valence-electron chi connectivity index (χ2n) is 8.79. The number of amides is 1. The van der Waals surface area contributed by atoms with Crippen molar-refractivity contribution in [2.75, 3.05) is 13.7 Å². The first-order chi connectivity index (χ1) is 16.9. The summed E-state index contributed by atoms with van der Waals surface area (Å²) >= 11 is 0. The van der Waals surface area contributed by atoms with Crippen molar-refractivity contribution in [2.24, 2.45) is 5.92 Å². The van der Waals surface area contributed by atoms with Gasteiger partial charge in [-0.2, -0.15) is 0 Å². The molecule has 1 atom stereocenters. The van der Waals surface area contributed by atoms with Crippen LogP contribution in [0.2, 0.25) is 0 Å². The smallest absolute Gasteiger partial charge is 0.295 e. The summed E-state index contributed by atoms with van der Waals surface area (Å²) in [5.41, 5.74) is 1.89. The molecule has 7 nitrogen and oxygen atoms in total. The van der Waals surface area contributed by atoms with E-state index < -0.39 is 17.7 Å². The van der Waals surface area contributed by atoms with Crippen molar-refractivity contribution in [1.29, 1.82) is 0 Å². The maximum Gasteiger partial charge on any atom is 0.295 e. The molecule has 35 heavy (non-hydrogen) atoms. The minimum Gasteiger partial charge on any atom is -0.507 e. The number of benzene rings is 2. The summed E-state index contributed by atoms with van der Waals surface area (Å²) in [6, 6.07) is 16.9. The molecule has 1 aliphatic heterocycles. The fraction of sp³-hybridized carbons (Fsp3) is 0.250. The van der Waals surface area contributed by atoms with Crippen LogP contribution in [-0.2, 0) is 16.1 Å². The van der Waals surface area contributed by atoms with Gasteiger partial charge < -0.3 is 19.5 Å². The van der Waals surface area contributed by atoms with E-state index in [0.29, 0.717) is 35.2 Å². The molecule has 0 aliphatic carbocycles. The highest BCUT2D eigenvalue weighted by molar-refractivity contribution is 6.46. The number of ether oxygens (including phenoxy) is 2. The molecule has 2 aromatic carbocycles. The Morgan fingerprint density at radius 2 is 1.83 bits per heavy atom. The van der Waals surface area contributed by atoms with Crippen LogP contribution in [0.25, 0.3) is 5.76 Å². The van der Waals surface area contributed by atoms with Crippen LogP contribution in [0.4, 0.5) is 0 Å². The first-order valence-corrected chi connectivity index (χ1v) is 11.4. The maximum absolute atomic E-state index is 13.2. The van der Waals surface area contributed by atoms with Gasteiger partial charge in [0.15, 0.2) is 0 Å². The van der Waals surface area contributed by atoms with Gasteiger partial charge in [0.2, 0.25) is 0 Å². The van der Waals surface area contributed by atoms with E-state index in [2.05, 4.69) is 18.8 Å². The number of likely N-dealkylation sites (tertiary alicyclic amines) is 1. The summed E-state index contributed by atoms with van der Waals surface area (Å²) in [6.07, 6.45) is 3.22. The standard InChI is InChI=1S/C28H28N2O5/c1-18(2)17-35-22-11-9-20(10-12-22)26(31)24-25(21-7-5-13-29-15-21)30(28(33)27(24)32)16-19-6-4-8-23(14-19)34-3/h4-15,18,25,31H,16-17H2,1-3H3/b26-24-.